The summed E-state index contributed by atoms with van der Waals surface area (Å²) in [7, 11) is 0. The number of para-hydroxylation sites is 1. The lowest BCUT2D eigenvalue weighted by atomic mass is 10.0. The van der Waals surface area contributed by atoms with Gasteiger partial charge in [-0.25, -0.2) is 4.79 Å². The summed E-state index contributed by atoms with van der Waals surface area (Å²) < 4.78 is 5.81. The van der Waals surface area contributed by atoms with Crippen LogP contribution in [0.3, 0.4) is 0 Å². The summed E-state index contributed by atoms with van der Waals surface area (Å²) in [6.07, 6.45) is -0.537. The van der Waals surface area contributed by atoms with Gasteiger partial charge in [-0.05, 0) is 30.0 Å². The third-order valence-electron chi connectivity index (χ3n) is 3.59. The minimum Gasteiger partial charge on any atom is -0.478 e. The molecule has 0 bridgehead atoms. The molecule has 116 valence electrons. The number of aryl methyl sites for hydroxylation is 1. The fourth-order valence-corrected chi connectivity index (χ4v) is 2.45. The summed E-state index contributed by atoms with van der Waals surface area (Å²) in [6.45, 7) is 6.13. The van der Waals surface area contributed by atoms with Crippen LogP contribution in [0.5, 0.6) is 5.75 Å². The van der Waals surface area contributed by atoms with Gasteiger partial charge in [0, 0.05) is 6.42 Å². The van der Waals surface area contributed by atoms with E-state index < -0.39 is 12.1 Å². The molecule has 0 aromatic heterocycles. The highest BCUT2D eigenvalue weighted by Crippen LogP contribution is 2.27. The molecule has 0 aliphatic heterocycles. The Balaban J connectivity index is 2.21. The van der Waals surface area contributed by atoms with Crippen LogP contribution in [0.25, 0.3) is 0 Å². The molecule has 22 heavy (non-hydrogen) atoms. The van der Waals surface area contributed by atoms with E-state index in [2.05, 4.69) is 13.8 Å². The molecule has 2 rings (SSSR count). The Morgan fingerprint density at radius 2 is 1.86 bits per heavy atom. The molecular formula is C19H22O3. The zero-order valence-corrected chi connectivity index (χ0v) is 13.2. The fraction of sp³-hybridized carbons (Fsp3) is 0.316. The van der Waals surface area contributed by atoms with Gasteiger partial charge in [-0.3, -0.25) is 0 Å². The standard InChI is InChI=1S/C19H22O3/c1-13(2)16-9-4-5-10-17(16)22-18(19(20)21)12-15-8-6-7-14(3)11-15/h4-11,13,18H,12H2,1-3H3,(H,20,21). The SMILES string of the molecule is Cc1cccc(CC(Oc2ccccc2C(C)C)C(=O)O)c1. The van der Waals surface area contributed by atoms with Crippen molar-refractivity contribution in [1.29, 1.82) is 0 Å². The summed E-state index contributed by atoms with van der Waals surface area (Å²) >= 11 is 0. The Morgan fingerprint density at radius 3 is 2.50 bits per heavy atom. The highest BCUT2D eigenvalue weighted by atomic mass is 16.5. The molecule has 2 aromatic rings. The average molecular weight is 298 g/mol. The molecule has 0 heterocycles. The van der Waals surface area contributed by atoms with Crippen LogP contribution in [0.4, 0.5) is 0 Å². The minimum absolute atomic E-state index is 0.282. The van der Waals surface area contributed by atoms with Crippen LogP contribution in [0.2, 0.25) is 0 Å². The number of ether oxygens (including phenoxy) is 1. The molecule has 2 aromatic carbocycles. The first-order valence-corrected chi connectivity index (χ1v) is 7.51. The summed E-state index contributed by atoms with van der Waals surface area (Å²) in [5.74, 6) is -0.0118. The lowest BCUT2D eigenvalue weighted by molar-refractivity contribution is -0.145. The predicted octanol–water partition coefficient (Wildman–Crippen LogP) is 4.19. The van der Waals surface area contributed by atoms with E-state index in [9.17, 15) is 9.90 Å². The van der Waals surface area contributed by atoms with Gasteiger partial charge >= 0.3 is 5.97 Å². The van der Waals surface area contributed by atoms with Crippen LogP contribution in [-0.2, 0) is 11.2 Å². The van der Waals surface area contributed by atoms with Crippen LogP contribution < -0.4 is 4.74 Å². The number of carboxylic acid groups (broad SMARTS) is 1. The largest absolute Gasteiger partial charge is 0.478 e. The highest BCUT2D eigenvalue weighted by molar-refractivity contribution is 5.73. The number of carboxylic acids is 1. The molecule has 0 fully saturated rings. The van der Waals surface area contributed by atoms with E-state index in [-0.39, 0.29) is 5.92 Å². The molecule has 1 N–H and O–H groups in total. The zero-order chi connectivity index (χ0) is 16.1. The monoisotopic (exact) mass is 298 g/mol. The molecule has 0 amide bonds. The van der Waals surface area contributed by atoms with Crippen LogP contribution >= 0.6 is 0 Å². The summed E-state index contributed by atoms with van der Waals surface area (Å²) in [5.41, 5.74) is 3.11. The summed E-state index contributed by atoms with van der Waals surface area (Å²) in [6, 6.07) is 15.5. The molecule has 3 heteroatoms. The van der Waals surface area contributed by atoms with Gasteiger partial charge in [-0.15, -0.1) is 0 Å². The molecule has 0 aliphatic carbocycles. The highest BCUT2D eigenvalue weighted by Gasteiger charge is 2.21. The van der Waals surface area contributed by atoms with Crippen LogP contribution in [-0.4, -0.2) is 17.2 Å². The second-order valence-electron chi connectivity index (χ2n) is 5.83. The fourth-order valence-electron chi connectivity index (χ4n) is 2.45. The van der Waals surface area contributed by atoms with Gasteiger partial charge in [-0.1, -0.05) is 61.9 Å². The van der Waals surface area contributed by atoms with E-state index >= 15 is 0 Å². The number of aliphatic carboxylic acids is 1. The van der Waals surface area contributed by atoms with Crippen molar-refractivity contribution in [3.63, 3.8) is 0 Å². The number of hydrogen-bond acceptors (Lipinski definition) is 2. The van der Waals surface area contributed by atoms with Gasteiger partial charge in [0.15, 0.2) is 6.10 Å². The number of benzene rings is 2. The smallest absolute Gasteiger partial charge is 0.345 e. The van der Waals surface area contributed by atoms with Crippen molar-refractivity contribution in [2.24, 2.45) is 0 Å². The average Bonchev–Trinajstić information content (AvgIpc) is 2.47. The molecular weight excluding hydrogens is 276 g/mol. The van der Waals surface area contributed by atoms with E-state index in [0.29, 0.717) is 12.2 Å². The second-order valence-corrected chi connectivity index (χ2v) is 5.83. The van der Waals surface area contributed by atoms with Crippen molar-refractivity contribution in [1.82, 2.24) is 0 Å². The quantitative estimate of drug-likeness (QED) is 0.869. The number of carbonyl (C=O) groups is 1. The first-order chi connectivity index (χ1) is 10.5. The van der Waals surface area contributed by atoms with E-state index in [4.69, 9.17) is 4.74 Å². The van der Waals surface area contributed by atoms with Gasteiger partial charge in [0.25, 0.3) is 0 Å². The maximum absolute atomic E-state index is 11.5. The maximum atomic E-state index is 11.5. The molecule has 1 unspecified atom stereocenters. The Morgan fingerprint density at radius 1 is 1.14 bits per heavy atom. The number of hydrogen-bond donors (Lipinski definition) is 1. The van der Waals surface area contributed by atoms with Gasteiger partial charge in [0.1, 0.15) is 5.75 Å². The predicted molar refractivity (Wildman–Crippen MR) is 87.5 cm³/mol. The minimum atomic E-state index is -0.944. The van der Waals surface area contributed by atoms with Crippen LogP contribution in [0, 0.1) is 6.92 Å². The lowest BCUT2D eigenvalue weighted by Crippen LogP contribution is -2.29. The van der Waals surface area contributed by atoms with Crippen LogP contribution in [0.15, 0.2) is 48.5 Å². The molecule has 0 spiro atoms. The van der Waals surface area contributed by atoms with E-state index in [1.807, 2.05) is 55.5 Å². The Bertz CT molecular complexity index is 647. The van der Waals surface area contributed by atoms with Crippen molar-refractivity contribution in [2.45, 2.75) is 39.2 Å². The van der Waals surface area contributed by atoms with Crippen molar-refractivity contribution < 1.29 is 14.6 Å². The number of rotatable bonds is 6. The molecule has 1 atom stereocenters. The Kier molecular flexibility index (Phi) is 5.21. The normalized spacial score (nSPS) is 12.2. The first-order valence-electron chi connectivity index (χ1n) is 7.51. The van der Waals surface area contributed by atoms with Crippen molar-refractivity contribution >= 4 is 5.97 Å². The van der Waals surface area contributed by atoms with E-state index in [1.165, 1.54) is 0 Å². The second kappa shape index (κ2) is 7.12. The maximum Gasteiger partial charge on any atom is 0.345 e. The summed E-state index contributed by atoms with van der Waals surface area (Å²) in [4.78, 5) is 11.5. The van der Waals surface area contributed by atoms with Crippen molar-refractivity contribution in [3.05, 3.63) is 65.2 Å². The molecule has 0 aliphatic rings. The zero-order valence-electron chi connectivity index (χ0n) is 13.2. The van der Waals surface area contributed by atoms with Crippen molar-refractivity contribution in [2.75, 3.05) is 0 Å². The summed E-state index contributed by atoms with van der Waals surface area (Å²) in [5, 5.41) is 9.47. The van der Waals surface area contributed by atoms with E-state index in [0.717, 1.165) is 16.7 Å². The molecule has 3 nitrogen and oxygen atoms in total. The van der Waals surface area contributed by atoms with Crippen molar-refractivity contribution in [3.8, 4) is 5.75 Å². The topological polar surface area (TPSA) is 46.5 Å². The Hall–Kier alpha value is -2.29. The molecule has 0 saturated heterocycles. The lowest BCUT2D eigenvalue weighted by Gasteiger charge is -2.19. The molecule has 0 saturated carbocycles. The van der Waals surface area contributed by atoms with Gasteiger partial charge < -0.3 is 9.84 Å². The van der Waals surface area contributed by atoms with Gasteiger partial charge in [0.2, 0.25) is 0 Å². The Labute approximate surface area is 131 Å². The molecule has 0 radical (unpaired) electrons. The van der Waals surface area contributed by atoms with Crippen LogP contribution in [0.1, 0.15) is 36.5 Å². The third-order valence-corrected chi connectivity index (χ3v) is 3.59. The third kappa shape index (κ3) is 4.10. The van der Waals surface area contributed by atoms with Gasteiger partial charge in [0.05, 0.1) is 0 Å². The van der Waals surface area contributed by atoms with E-state index in [1.54, 1.807) is 0 Å². The first kappa shape index (κ1) is 16.1. The van der Waals surface area contributed by atoms with Gasteiger partial charge in [-0.2, -0.15) is 0 Å².